The molecule has 0 bridgehead atoms. The van der Waals surface area contributed by atoms with Crippen LogP contribution in [0.1, 0.15) is 0 Å². The lowest BCUT2D eigenvalue weighted by Crippen LogP contribution is -2.09. The van der Waals surface area contributed by atoms with Gasteiger partial charge in [-0.2, -0.15) is 0 Å². The van der Waals surface area contributed by atoms with E-state index in [0.717, 1.165) is 104 Å². The SMILES string of the molecule is Brc1ccc2nc3c4ccc(-c5ccc(N(c6ccccc6)c6ccccc6)cc5)cc4c4cc(-c5ccc(N(c6ccccc6)c6ccccc6)cc5)ccc4c3nc2c1. The Hall–Kier alpha value is -7.60. The molecule has 1 heterocycles. The molecular weight excluding hydrogens is 809 g/mol. The highest BCUT2D eigenvalue weighted by molar-refractivity contribution is 9.10. The second-order valence-corrected chi connectivity index (χ2v) is 16.1. The number of anilines is 6. The summed E-state index contributed by atoms with van der Waals surface area (Å²) in [6.45, 7) is 0. The average molecular weight is 846 g/mol. The van der Waals surface area contributed by atoms with Gasteiger partial charge in [-0.15, -0.1) is 0 Å². The van der Waals surface area contributed by atoms with Gasteiger partial charge >= 0.3 is 0 Å². The Morgan fingerprint density at radius 1 is 0.279 bits per heavy atom. The van der Waals surface area contributed by atoms with Gasteiger partial charge in [-0.05, 0) is 136 Å². The standard InChI is InChI=1S/C56H37BrN4/c57-42-27-34-53-54(37-42)59-56-50-33-26-41(39-23-30-48(31-24-39)61(45-17-9-3-10-18-45)46-19-11-4-12-20-46)36-52(50)51-35-40(25-32-49(51)55(56)58-53)38-21-28-47(29-22-38)60(43-13-5-1-6-14-43)44-15-7-2-8-16-44/h1-37H. The van der Waals surface area contributed by atoms with Crippen LogP contribution in [-0.4, -0.2) is 9.97 Å². The summed E-state index contributed by atoms with van der Waals surface area (Å²) in [5, 5.41) is 4.43. The van der Waals surface area contributed by atoms with E-state index in [0.29, 0.717) is 0 Å². The van der Waals surface area contributed by atoms with Gasteiger partial charge in [0.15, 0.2) is 0 Å². The first-order valence-electron chi connectivity index (χ1n) is 20.4. The van der Waals surface area contributed by atoms with E-state index in [1.165, 1.54) is 0 Å². The zero-order chi connectivity index (χ0) is 40.7. The second-order valence-electron chi connectivity index (χ2n) is 15.2. The number of hydrogen-bond donors (Lipinski definition) is 0. The zero-order valence-corrected chi connectivity index (χ0v) is 34.6. The molecule has 4 nitrogen and oxygen atoms in total. The highest BCUT2D eigenvalue weighted by Crippen LogP contribution is 2.41. The van der Waals surface area contributed by atoms with Crippen LogP contribution in [0.5, 0.6) is 0 Å². The lowest BCUT2D eigenvalue weighted by Gasteiger charge is -2.25. The maximum absolute atomic E-state index is 5.26. The van der Waals surface area contributed by atoms with Crippen molar-refractivity contribution in [2.24, 2.45) is 0 Å². The molecule has 61 heavy (non-hydrogen) atoms. The molecule has 11 rings (SSSR count). The molecule has 11 aromatic rings. The molecule has 0 radical (unpaired) electrons. The van der Waals surface area contributed by atoms with E-state index in [1.807, 2.05) is 18.2 Å². The Bertz CT molecular complexity index is 3260. The number of halogens is 1. The molecule has 0 atom stereocenters. The van der Waals surface area contributed by atoms with Crippen molar-refractivity contribution in [2.45, 2.75) is 0 Å². The Labute approximate surface area is 362 Å². The Morgan fingerprint density at radius 3 is 1.02 bits per heavy atom. The highest BCUT2D eigenvalue weighted by atomic mass is 79.9. The van der Waals surface area contributed by atoms with Gasteiger partial charge < -0.3 is 9.80 Å². The molecule has 0 aliphatic rings. The van der Waals surface area contributed by atoms with Crippen LogP contribution in [0.4, 0.5) is 34.1 Å². The van der Waals surface area contributed by atoms with Gasteiger partial charge in [-0.1, -0.05) is 137 Å². The van der Waals surface area contributed by atoms with Crippen molar-refractivity contribution in [2.75, 3.05) is 9.80 Å². The first-order chi connectivity index (χ1) is 30.1. The van der Waals surface area contributed by atoms with E-state index in [2.05, 4.69) is 232 Å². The number of fused-ring (bicyclic) bond motifs is 7. The maximum atomic E-state index is 5.26. The van der Waals surface area contributed by atoms with Gasteiger partial charge in [-0.25, -0.2) is 9.97 Å². The number of rotatable bonds is 8. The molecule has 0 aliphatic heterocycles. The third-order valence-corrected chi connectivity index (χ3v) is 11.9. The predicted octanol–water partition coefficient (Wildman–Crippen LogP) is 16.1. The Balaban J connectivity index is 1.04. The van der Waals surface area contributed by atoms with E-state index >= 15 is 0 Å². The fourth-order valence-corrected chi connectivity index (χ4v) is 8.87. The Kier molecular flexibility index (Phi) is 9.29. The second kappa shape index (κ2) is 15.5. The minimum Gasteiger partial charge on any atom is -0.311 e. The van der Waals surface area contributed by atoms with Gasteiger partial charge in [0.1, 0.15) is 0 Å². The summed E-state index contributed by atoms with van der Waals surface area (Å²) in [5.74, 6) is 0. The van der Waals surface area contributed by atoms with E-state index in [4.69, 9.17) is 9.97 Å². The lowest BCUT2D eigenvalue weighted by molar-refractivity contribution is 1.28. The molecule has 0 aliphatic carbocycles. The smallest absolute Gasteiger partial charge is 0.0979 e. The normalized spacial score (nSPS) is 11.4. The lowest BCUT2D eigenvalue weighted by atomic mass is 9.93. The highest BCUT2D eigenvalue weighted by Gasteiger charge is 2.17. The minimum atomic E-state index is 0.861. The average Bonchev–Trinajstić information content (AvgIpc) is 3.33. The largest absolute Gasteiger partial charge is 0.311 e. The summed E-state index contributed by atoms with van der Waals surface area (Å²) in [7, 11) is 0. The van der Waals surface area contributed by atoms with Crippen LogP contribution in [0.3, 0.4) is 0 Å². The Morgan fingerprint density at radius 2 is 0.623 bits per heavy atom. The van der Waals surface area contributed by atoms with Crippen LogP contribution in [0, 0.1) is 0 Å². The molecule has 0 amide bonds. The molecular formula is C56H37BrN4. The van der Waals surface area contributed by atoms with E-state index < -0.39 is 0 Å². The predicted molar refractivity (Wildman–Crippen MR) is 260 cm³/mol. The monoisotopic (exact) mass is 844 g/mol. The first kappa shape index (κ1) is 36.5. The van der Waals surface area contributed by atoms with Crippen molar-refractivity contribution in [1.29, 1.82) is 0 Å². The number of para-hydroxylation sites is 4. The minimum absolute atomic E-state index is 0.861. The van der Waals surface area contributed by atoms with E-state index in [1.54, 1.807) is 0 Å². The molecule has 0 saturated heterocycles. The summed E-state index contributed by atoms with van der Waals surface area (Å²) in [6.07, 6.45) is 0. The van der Waals surface area contributed by atoms with E-state index in [9.17, 15) is 0 Å². The fourth-order valence-electron chi connectivity index (χ4n) is 8.52. The molecule has 5 heteroatoms. The van der Waals surface area contributed by atoms with Crippen molar-refractivity contribution in [3.63, 3.8) is 0 Å². The summed E-state index contributed by atoms with van der Waals surface area (Å²) < 4.78 is 0.980. The summed E-state index contributed by atoms with van der Waals surface area (Å²) in [6, 6.07) is 79.5. The van der Waals surface area contributed by atoms with Gasteiger partial charge in [0.25, 0.3) is 0 Å². The van der Waals surface area contributed by atoms with Crippen molar-refractivity contribution >= 4 is 93.7 Å². The zero-order valence-electron chi connectivity index (χ0n) is 33.0. The van der Waals surface area contributed by atoms with Crippen LogP contribution >= 0.6 is 15.9 Å². The van der Waals surface area contributed by atoms with Gasteiger partial charge in [0.2, 0.25) is 0 Å². The number of benzene rings is 10. The topological polar surface area (TPSA) is 32.3 Å². The summed E-state index contributed by atoms with van der Waals surface area (Å²) in [5.41, 5.74) is 14.7. The van der Waals surface area contributed by atoms with Gasteiger partial charge in [0, 0.05) is 49.4 Å². The van der Waals surface area contributed by atoms with Crippen molar-refractivity contribution < 1.29 is 0 Å². The molecule has 0 unspecified atom stereocenters. The number of aromatic nitrogens is 2. The van der Waals surface area contributed by atoms with Crippen LogP contribution in [0.2, 0.25) is 0 Å². The molecule has 0 fully saturated rings. The first-order valence-corrected chi connectivity index (χ1v) is 21.2. The maximum Gasteiger partial charge on any atom is 0.0979 e. The molecule has 1 aromatic heterocycles. The molecule has 0 N–H and O–H groups in total. The van der Waals surface area contributed by atoms with Crippen LogP contribution in [0.15, 0.2) is 229 Å². The van der Waals surface area contributed by atoms with E-state index in [-0.39, 0.29) is 0 Å². The van der Waals surface area contributed by atoms with Crippen molar-refractivity contribution in [3.05, 3.63) is 229 Å². The van der Waals surface area contributed by atoms with Crippen molar-refractivity contribution in [3.8, 4) is 22.3 Å². The number of hydrogen-bond acceptors (Lipinski definition) is 4. The molecule has 0 saturated carbocycles. The fraction of sp³-hybridized carbons (Fsp3) is 0. The quantitative estimate of drug-likeness (QED) is 0.113. The summed E-state index contributed by atoms with van der Waals surface area (Å²) in [4.78, 5) is 15.1. The summed E-state index contributed by atoms with van der Waals surface area (Å²) >= 11 is 3.65. The third-order valence-electron chi connectivity index (χ3n) is 11.4. The third kappa shape index (κ3) is 6.85. The van der Waals surface area contributed by atoms with Crippen molar-refractivity contribution in [1.82, 2.24) is 9.97 Å². The molecule has 10 aromatic carbocycles. The van der Waals surface area contributed by atoms with Crippen LogP contribution in [-0.2, 0) is 0 Å². The van der Waals surface area contributed by atoms with Gasteiger partial charge in [0.05, 0.1) is 22.1 Å². The molecule has 0 spiro atoms. The molecule has 288 valence electrons. The van der Waals surface area contributed by atoms with Crippen LogP contribution < -0.4 is 9.80 Å². The van der Waals surface area contributed by atoms with Gasteiger partial charge in [-0.3, -0.25) is 0 Å². The number of nitrogens with zero attached hydrogens (tertiary/aromatic N) is 4. The van der Waals surface area contributed by atoms with Crippen LogP contribution in [0.25, 0.3) is 65.9 Å².